The molecule has 5 rings (SSSR count). The van der Waals surface area contributed by atoms with Crippen LogP contribution in [0.1, 0.15) is 38.2 Å². The van der Waals surface area contributed by atoms with E-state index in [0.717, 1.165) is 63.7 Å². The maximum atomic E-state index is 13.4. The second kappa shape index (κ2) is 15.7. The lowest BCUT2D eigenvalue weighted by molar-refractivity contribution is 0.122. The van der Waals surface area contributed by atoms with Gasteiger partial charge in [0.2, 0.25) is 15.8 Å². The highest BCUT2D eigenvalue weighted by Crippen LogP contribution is 2.26. The number of H-pyrrole nitrogens is 1. The fourth-order valence-electron chi connectivity index (χ4n) is 5.25. The van der Waals surface area contributed by atoms with E-state index in [1.165, 1.54) is 5.56 Å². The van der Waals surface area contributed by atoms with Gasteiger partial charge in [-0.2, -0.15) is 5.21 Å². The van der Waals surface area contributed by atoms with Gasteiger partial charge in [-0.25, -0.2) is 13.2 Å². The SMILES string of the molecule is CCCCN(C(=O)Nc1cccc(-c2nn[nH]n2)c1)C1CCN(Cc2ccc(Oc3ccc(NS(C)(=O)=O)cc3)cc2)CC1.Cl. The molecule has 240 valence electrons. The number of carbonyl (C=O) groups is 1. The highest BCUT2D eigenvalue weighted by Gasteiger charge is 2.28. The minimum atomic E-state index is -3.32. The number of likely N-dealkylation sites (tertiary alicyclic amines) is 1. The van der Waals surface area contributed by atoms with E-state index in [1.807, 2.05) is 41.3 Å². The molecule has 2 amide bonds. The van der Waals surface area contributed by atoms with Gasteiger partial charge in [0.05, 0.1) is 6.26 Å². The first kappa shape index (κ1) is 33.7. The third-order valence-electron chi connectivity index (χ3n) is 7.45. The third kappa shape index (κ3) is 9.90. The summed E-state index contributed by atoms with van der Waals surface area (Å²) < 4.78 is 31.2. The molecular weight excluding hydrogens is 616 g/mol. The molecule has 1 aliphatic heterocycles. The van der Waals surface area contributed by atoms with Crippen LogP contribution in [0, 0.1) is 0 Å². The van der Waals surface area contributed by atoms with Crippen molar-refractivity contribution in [1.82, 2.24) is 30.4 Å². The summed E-state index contributed by atoms with van der Waals surface area (Å²) in [6.07, 6.45) is 4.90. The van der Waals surface area contributed by atoms with Gasteiger partial charge in [0.25, 0.3) is 0 Å². The fraction of sp³-hybridized carbons (Fsp3) is 0.355. The van der Waals surface area contributed by atoms with Gasteiger partial charge in [0, 0.05) is 49.2 Å². The van der Waals surface area contributed by atoms with Gasteiger partial charge in [-0.05, 0) is 78.6 Å². The summed E-state index contributed by atoms with van der Waals surface area (Å²) in [5.74, 6) is 1.81. The van der Waals surface area contributed by atoms with Crippen molar-refractivity contribution in [2.24, 2.45) is 0 Å². The second-order valence-corrected chi connectivity index (χ2v) is 12.7. The third-order valence-corrected chi connectivity index (χ3v) is 8.06. The van der Waals surface area contributed by atoms with Crippen LogP contribution in [0.3, 0.4) is 0 Å². The lowest BCUT2D eigenvalue weighted by Crippen LogP contribution is -2.49. The summed E-state index contributed by atoms with van der Waals surface area (Å²) in [4.78, 5) is 17.9. The zero-order valence-corrected chi connectivity index (χ0v) is 27.0. The van der Waals surface area contributed by atoms with E-state index >= 15 is 0 Å². The summed E-state index contributed by atoms with van der Waals surface area (Å²) >= 11 is 0. The number of urea groups is 1. The van der Waals surface area contributed by atoms with Crippen molar-refractivity contribution in [3.63, 3.8) is 0 Å². The molecule has 3 N–H and O–H groups in total. The molecule has 1 fully saturated rings. The molecule has 0 atom stereocenters. The molecular formula is C31H39ClN8O4S. The molecule has 14 heteroatoms. The molecule has 45 heavy (non-hydrogen) atoms. The molecule has 12 nitrogen and oxygen atoms in total. The molecule has 0 spiro atoms. The van der Waals surface area contributed by atoms with Gasteiger partial charge in [0.1, 0.15) is 11.5 Å². The Morgan fingerprint density at radius 2 is 1.71 bits per heavy atom. The Hall–Kier alpha value is -4.20. The predicted octanol–water partition coefficient (Wildman–Crippen LogP) is 5.75. The molecule has 2 heterocycles. The Balaban J connectivity index is 0.00000461. The van der Waals surface area contributed by atoms with Crippen molar-refractivity contribution >= 4 is 39.8 Å². The summed E-state index contributed by atoms with van der Waals surface area (Å²) in [7, 11) is -3.32. The number of halogens is 1. The number of sulfonamides is 1. The first-order chi connectivity index (χ1) is 21.3. The molecule has 0 unspecified atom stereocenters. The van der Waals surface area contributed by atoms with Gasteiger partial charge in [-0.1, -0.05) is 37.6 Å². The number of nitrogens with one attached hydrogen (secondary N) is 3. The van der Waals surface area contributed by atoms with Crippen LogP contribution < -0.4 is 14.8 Å². The van der Waals surface area contributed by atoms with Crippen molar-refractivity contribution in [1.29, 1.82) is 0 Å². The van der Waals surface area contributed by atoms with Crippen molar-refractivity contribution in [2.75, 3.05) is 35.9 Å². The zero-order valence-electron chi connectivity index (χ0n) is 25.3. The number of ether oxygens (including phenoxy) is 1. The molecule has 1 aromatic heterocycles. The van der Waals surface area contributed by atoms with Crippen molar-refractivity contribution in [2.45, 2.75) is 45.2 Å². The van der Waals surface area contributed by atoms with E-state index in [9.17, 15) is 13.2 Å². The van der Waals surface area contributed by atoms with Crippen molar-refractivity contribution in [3.05, 3.63) is 78.4 Å². The van der Waals surface area contributed by atoms with Gasteiger partial charge in [-0.3, -0.25) is 9.62 Å². The molecule has 4 aromatic rings. The number of carbonyl (C=O) groups excluding carboxylic acids is 1. The van der Waals surface area contributed by atoms with E-state index in [1.54, 1.807) is 24.3 Å². The molecule has 0 saturated carbocycles. The zero-order chi connectivity index (χ0) is 30.9. The normalized spacial score (nSPS) is 13.9. The monoisotopic (exact) mass is 654 g/mol. The topological polar surface area (TPSA) is 145 Å². The maximum absolute atomic E-state index is 13.4. The predicted molar refractivity (Wildman–Crippen MR) is 177 cm³/mol. The minimum Gasteiger partial charge on any atom is -0.457 e. The highest BCUT2D eigenvalue weighted by molar-refractivity contribution is 7.92. The number of aromatic amines is 1. The second-order valence-electron chi connectivity index (χ2n) is 10.9. The van der Waals surface area contributed by atoms with Crippen molar-refractivity contribution < 1.29 is 17.9 Å². The number of piperidine rings is 1. The first-order valence-corrected chi connectivity index (χ1v) is 16.6. The fourth-order valence-corrected chi connectivity index (χ4v) is 5.81. The van der Waals surface area contributed by atoms with Gasteiger partial charge in [-0.15, -0.1) is 22.6 Å². The van der Waals surface area contributed by atoms with Crippen LogP contribution in [0.4, 0.5) is 16.2 Å². The largest absolute Gasteiger partial charge is 0.457 e. The van der Waals surface area contributed by atoms with E-state index in [-0.39, 0.29) is 24.5 Å². The summed E-state index contributed by atoms with van der Waals surface area (Å²) in [6.45, 7) is 5.48. The lowest BCUT2D eigenvalue weighted by Gasteiger charge is -2.38. The standard InChI is InChI=1S/C31H38N8O4S.ClH/c1-3-4-18-39(31(40)32-26-7-5-6-24(21-26)30-33-36-37-34-30)27-16-19-38(20-17-27)22-23-8-12-28(13-9-23)43-29-14-10-25(11-15-29)35-44(2,41)42;/h5-15,21,27,35H,3-4,16-20,22H2,1-2H3,(H,32,40)(H,33,34,36,37);1H. The molecule has 0 bridgehead atoms. The summed E-state index contributed by atoms with van der Waals surface area (Å²) in [6, 6.07) is 22.3. The molecule has 1 saturated heterocycles. The van der Waals surface area contributed by atoms with Crippen LogP contribution in [0.25, 0.3) is 11.4 Å². The number of anilines is 2. The number of hydrogen-bond donors (Lipinski definition) is 3. The lowest BCUT2D eigenvalue weighted by atomic mass is 10.0. The van der Waals surface area contributed by atoms with E-state index in [0.29, 0.717) is 28.7 Å². The number of hydrogen-bond acceptors (Lipinski definition) is 8. The van der Waals surface area contributed by atoms with Crippen LogP contribution in [-0.2, 0) is 16.6 Å². The number of rotatable bonds is 12. The van der Waals surface area contributed by atoms with E-state index in [4.69, 9.17) is 4.74 Å². The number of aromatic nitrogens is 4. The first-order valence-electron chi connectivity index (χ1n) is 14.7. The molecule has 0 radical (unpaired) electrons. The Bertz CT molecular complexity index is 1610. The van der Waals surface area contributed by atoms with Crippen LogP contribution in [0.5, 0.6) is 11.5 Å². The summed E-state index contributed by atoms with van der Waals surface area (Å²) in [5.41, 5.74) is 3.15. The Labute approximate surface area is 270 Å². The number of nitrogens with zero attached hydrogens (tertiary/aromatic N) is 5. The quantitative estimate of drug-likeness (QED) is 0.175. The van der Waals surface area contributed by atoms with Gasteiger partial charge >= 0.3 is 6.03 Å². The molecule has 0 aliphatic carbocycles. The number of tetrazole rings is 1. The Morgan fingerprint density at radius 3 is 2.33 bits per heavy atom. The molecule has 1 aliphatic rings. The number of benzene rings is 3. The minimum absolute atomic E-state index is 0. The van der Waals surface area contributed by atoms with Crippen molar-refractivity contribution in [3.8, 4) is 22.9 Å². The summed E-state index contributed by atoms with van der Waals surface area (Å²) in [5, 5.41) is 17.2. The van der Waals surface area contributed by atoms with E-state index < -0.39 is 10.0 Å². The van der Waals surface area contributed by atoms with Crippen LogP contribution in [0.2, 0.25) is 0 Å². The highest BCUT2D eigenvalue weighted by atomic mass is 35.5. The smallest absolute Gasteiger partial charge is 0.322 e. The van der Waals surface area contributed by atoms with Crippen LogP contribution >= 0.6 is 12.4 Å². The number of amides is 2. The Morgan fingerprint density at radius 1 is 1.02 bits per heavy atom. The van der Waals surface area contributed by atoms with Crippen LogP contribution in [-0.4, -0.2) is 76.8 Å². The maximum Gasteiger partial charge on any atom is 0.322 e. The molecule has 3 aromatic carbocycles. The average Bonchev–Trinajstić information content (AvgIpc) is 3.55. The van der Waals surface area contributed by atoms with E-state index in [2.05, 4.69) is 54.6 Å². The van der Waals surface area contributed by atoms with Crippen LogP contribution in [0.15, 0.2) is 72.8 Å². The Kier molecular flexibility index (Phi) is 11.7. The van der Waals surface area contributed by atoms with Gasteiger partial charge in [0.15, 0.2) is 0 Å². The number of unbranched alkanes of at least 4 members (excludes halogenated alkanes) is 1. The van der Waals surface area contributed by atoms with Gasteiger partial charge < -0.3 is 15.0 Å². The average molecular weight is 655 g/mol.